The van der Waals surface area contributed by atoms with E-state index in [1.54, 1.807) is 6.92 Å². The molecule has 0 saturated carbocycles. The second kappa shape index (κ2) is 6.19. The Balaban J connectivity index is 3.11. The first-order valence-electron chi connectivity index (χ1n) is 5.91. The zero-order valence-electron chi connectivity index (χ0n) is 11.5. The number of sulfonamides is 1. The lowest BCUT2D eigenvalue weighted by atomic mass is 10.1. The normalized spacial score (nSPS) is 11.4. The molecule has 0 heterocycles. The molecule has 0 amide bonds. The van der Waals surface area contributed by atoms with Gasteiger partial charge in [-0.05, 0) is 38.0 Å². The average molecular weight is 304 g/mol. The van der Waals surface area contributed by atoms with Crippen molar-refractivity contribution in [2.75, 3.05) is 18.9 Å². The third-order valence-electron chi connectivity index (χ3n) is 2.68. The number of nitrogen functional groups attached to an aromatic ring is 1. The molecule has 3 N–H and O–H groups in total. The quantitative estimate of drug-likeness (QED) is 0.621. The number of nitrogens with two attached hydrogens (primary N) is 1. The van der Waals surface area contributed by atoms with Gasteiger partial charge in [0, 0.05) is 0 Å². The fraction of sp³-hybridized carbons (Fsp3) is 0.417. The molecule has 0 aliphatic heterocycles. The maximum absolute atomic E-state index is 13.4. The third kappa shape index (κ3) is 3.45. The van der Waals surface area contributed by atoms with Gasteiger partial charge in [0.05, 0.1) is 17.2 Å². The first kappa shape index (κ1) is 16.4. The van der Waals surface area contributed by atoms with Crippen molar-refractivity contribution in [1.82, 2.24) is 4.72 Å². The lowest BCUT2D eigenvalue weighted by molar-refractivity contribution is -0.141. The predicted octanol–water partition coefficient (Wildman–Crippen LogP) is 0.866. The molecule has 0 unspecified atom stereocenters. The number of halogens is 1. The van der Waals surface area contributed by atoms with E-state index >= 15 is 0 Å². The van der Waals surface area contributed by atoms with Gasteiger partial charge >= 0.3 is 5.97 Å². The van der Waals surface area contributed by atoms with Crippen molar-refractivity contribution >= 4 is 21.7 Å². The van der Waals surface area contributed by atoms with Gasteiger partial charge in [0.2, 0.25) is 10.0 Å². The van der Waals surface area contributed by atoms with E-state index in [0.717, 1.165) is 6.07 Å². The number of nitrogens with one attached hydrogen (secondary N) is 1. The van der Waals surface area contributed by atoms with Crippen LogP contribution in [0.15, 0.2) is 11.0 Å². The summed E-state index contributed by atoms with van der Waals surface area (Å²) in [4.78, 5) is 11.1. The topological polar surface area (TPSA) is 98.5 Å². The van der Waals surface area contributed by atoms with Gasteiger partial charge in [-0.15, -0.1) is 0 Å². The minimum atomic E-state index is -3.97. The molecule has 20 heavy (non-hydrogen) atoms. The summed E-state index contributed by atoms with van der Waals surface area (Å²) < 4.78 is 44.4. The Morgan fingerprint density at radius 2 is 2.05 bits per heavy atom. The molecule has 0 saturated heterocycles. The van der Waals surface area contributed by atoms with Crippen LogP contribution in [0.1, 0.15) is 18.1 Å². The Kier molecular flexibility index (Phi) is 5.07. The third-order valence-corrected chi connectivity index (χ3v) is 4.37. The molecule has 0 atom stereocenters. The van der Waals surface area contributed by atoms with Crippen LogP contribution in [0.25, 0.3) is 0 Å². The number of esters is 1. The van der Waals surface area contributed by atoms with Crippen LogP contribution in [0.5, 0.6) is 0 Å². The highest BCUT2D eigenvalue weighted by molar-refractivity contribution is 7.89. The van der Waals surface area contributed by atoms with E-state index in [0.29, 0.717) is 0 Å². The van der Waals surface area contributed by atoms with Crippen molar-refractivity contribution in [3.8, 4) is 0 Å². The first-order chi connectivity index (χ1) is 9.20. The molecule has 0 aliphatic rings. The molecule has 0 aliphatic carbocycles. The van der Waals surface area contributed by atoms with E-state index in [9.17, 15) is 17.6 Å². The highest BCUT2D eigenvalue weighted by Gasteiger charge is 2.23. The van der Waals surface area contributed by atoms with Gasteiger partial charge in [-0.1, -0.05) is 0 Å². The Labute approximate surface area is 117 Å². The van der Waals surface area contributed by atoms with Crippen LogP contribution in [0, 0.1) is 19.7 Å². The number of hydrogen-bond acceptors (Lipinski definition) is 5. The standard InChI is InChI=1S/C12H17FN2O4S/c1-4-19-10(16)6-15-20(17,18)12-7(2)5-9(13)11(14)8(12)3/h5,15H,4,6,14H2,1-3H3. The van der Waals surface area contributed by atoms with E-state index in [1.165, 1.54) is 13.8 Å². The zero-order valence-corrected chi connectivity index (χ0v) is 12.3. The molecule has 112 valence electrons. The van der Waals surface area contributed by atoms with Crippen LogP contribution in [0.4, 0.5) is 10.1 Å². The number of rotatable bonds is 5. The number of benzene rings is 1. The van der Waals surface area contributed by atoms with E-state index in [4.69, 9.17) is 5.73 Å². The molecular weight excluding hydrogens is 287 g/mol. The van der Waals surface area contributed by atoms with Gasteiger partial charge in [0.1, 0.15) is 12.4 Å². The zero-order chi connectivity index (χ0) is 15.5. The lowest BCUT2D eigenvalue weighted by Gasteiger charge is -2.14. The number of anilines is 1. The summed E-state index contributed by atoms with van der Waals surface area (Å²) in [6.07, 6.45) is 0. The Bertz CT molecular complexity index is 629. The molecule has 1 aromatic carbocycles. The summed E-state index contributed by atoms with van der Waals surface area (Å²) in [5, 5.41) is 0. The summed E-state index contributed by atoms with van der Waals surface area (Å²) in [7, 11) is -3.97. The van der Waals surface area contributed by atoms with Crippen LogP contribution in [0.2, 0.25) is 0 Å². The molecule has 0 fully saturated rings. The Hall–Kier alpha value is -1.67. The number of hydrogen-bond donors (Lipinski definition) is 2. The van der Waals surface area contributed by atoms with Gasteiger partial charge in [0.15, 0.2) is 0 Å². The second-order valence-electron chi connectivity index (χ2n) is 4.17. The van der Waals surface area contributed by atoms with Crippen LogP contribution in [-0.4, -0.2) is 27.5 Å². The molecule has 6 nitrogen and oxygen atoms in total. The number of aryl methyl sites for hydroxylation is 1. The monoisotopic (exact) mass is 304 g/mol. The molecule has 0 spiro atoms. The van der Waals surface area contributed by atoms with Crippen molar-refractivity contribution in [1.29, 1.82) is 0 Å². The van der Waals surface area contributed by atoms with Crippen LogP contribution in [-0.2, 0) is 19.6 Å². The van der Waals surface area contributed by atoms with Crippen molar-refractivity contribution in [3.05, 3.63) is 23.0 Å². The second-order valence-corrected chi connectivity index (χ2v) is 5.88. The number of carbonyl (C=O) groups is 1. The van der Waals surface area contributed by atoms with Crippen molar-refractivity contribution in [2.24, 2.45) is 0 Å². The maximum Gasteiger partial charge on any atom is 0.321 e. The fourth-order valence-electron chi connectivity index (χ4n) is 1.78. The minimum Gasteiger partial charge on any atom is -0.465 e. The summed E-state index contributed by atoms with van der Waals surface area (Å²) in [5.74, 6) is -1.37. The van der Waals surface area contributed by atoms with Crippen LogP contribution >= 0.6 is 0 Å². The fourth-order valence-corrected chi connectivity index (χ4v) is 3.23. The van der Waals surface area contributed by atoms with Crippen molar-refractivity contribution < 1.29 is 22.3 Å². The Morgan fingerprint density at radius 3 is 2.60 bits per heavy atom. The summed E-state index contributed by atoms with van der Waals surface area (Å²) in [5.41, 5.74) is 5.59. The van der Waals surface area contributed by atoms with Crippen molar-refractivity contribution in [3.63, 3.8) is 0 Å². The molecule has 0 bridgehead atoms. The highest BCUT2D eigenvalue weighted by atomic mass is 32.2. The summed E-state index contributed by atoms with van der Waals surface area (Å²) in [6.45, 7) is 4.13. The number of ether oxygens (including phenoxy) is 1. The summed E-state index contributed by atoms with van der Waals surface area (Å²) >= 11 is 0. The predicted molar refractivity (Wildman–Crippen MR) is 72.1 cm³/mol. The summed E-state index contributed by atoms with van der Waals surface area (Å²) in [6, 6.07) is 1.04. The van der Waals surface area contributed by atoms with E-state index in [-0.39, 0.29) is 28.3 Å². The van der Waals surface area contributed by atoms with E-state index in [1.807, 2.05) is 0 Å². The Morgan fingerprint density at radius 1 is 1.45 bits per heavy atom. The smallest absolute Gasteiger partial charge is 0.321 e. The van der Waals surface area contributed by atoms with Gasteiger partial charge in [0.25, 0.3) is 0 Å². The molecule has 8 heteroatoms. The molecule has 1 rings (SSSR count). The first-order valence-corrected chi connectivity index (χ1v) is 7.39. The molecule has 1 aromatic rings. The molecule has 0 radical (unpaired) electrons. The SMILES string of the molecule is CCOC(=O)CNS(=O)(=O)c1c(C)cc(F)c(N)c1C. The van der Waals surface area contributed by atoms with Gasteiger partial charge in [-0.25, -0.2) is 12.8 Å². The van der Waals surface area contributed by atoms with Gasteiger partial charge < -0.3 is 10.5 Å². The maximum atomic E-state index is 13.4. The van der Waals surface area contributed by atoms with Crippen molar-refractivity contribution in [2.45, 2.75) is 25.7 Å². The average Bonchev–Trinajstić information content (AvgIpc) is 2.34. The van der Waals surface area contributed by atoms with E-state index in [2.05, 4.69) is 9.46 Å². The van der Waals surface area contributed by atoms with Gasteiger partial charge in [-0.3, -0.25) is 4.79 Å². The number of carbonyl (C=O) groups excluding carboxylic acids is 1. The van der Waals surface area contributed by atoms with Gasteiger partial charge in [-0.2, -0.15) is 4.72 Å². The molecule has 0 aromatic heterocycles. The van der Waals surface area contributed by atoms with Crippen LogP contribution in [0.3, 0.4) is 0 Å². The largest absolute Gasteiger partial charge is 0.465 e. The lowest BCUT2D eigenvalue weighted by Crippen LogP contribution is -2.31. The van der Waals surface area contributed by atoms with E-state index < -0.39 is 28.4 Å². The highest BCUT2D eigenvalue weighted by Crippen LogP contribution is 2.27. The minimum absolute atomic E-state index is 0.110. The van der Waals surface area contributed by atoms with Crippen LogP contribution < -0.4 is 10.5 Å². The molecular formula is C12H17FN2O4S.